The molecule has 2 N–H and O–H groups in total. The molecule has 2 saturated heterocycles. The predicted molar refractivity (Wildman–Crippen MR) is 155 cm³/mol. The van der Waals surface area contributed by atoms with Crippen LogP contribution in [-0.4, -0.2) is 95.0 Å². The van der Waals surface area contributed by atoms with Crippen molar-refractivity contribution in [3.05, 3.63) is 65.7 Å². The van der Waals surface area contributed by atoms with E-state index in [2.05, 4.69) is 0 Å². The molecule has 2 aliphatic heterocycles. The summed E-state index contributed by atoms with van der Waals surface area (Å²) in [5.74, 6) is -2.22. The number of hydrogen-bond acceptors (Lipinski definition) is 10. The summed E-state index contributed by atoms with van der Waals surface area (Å²) >= 11 is 0. The normalized spacial score (nSPS) is 28.3. The zero-order valence-electron chi connectivity index (χ0n) is 25.0. The van der Waals surface area contributed by atoms with Crippen molar-refractivity contribution in [3.8, 4) is 0 Å². The van der Waals surface area contributed by atoms with E-state index in [9.17, 15) is 33.0 Å². The van der Waals surface area contributed by atoms with E-state index in [4.69, 9.17) is 13.7 Å². The molecule has 0 aromatic heterocycles. The van der Waals surface area contributed by atoms with Crippen molar-refractivity contribution in [2.75, 3.05) is 6.54 Å². The minimum atomic E-state index is -4.25. The van der Waals surface area contributed by atoms with Gasteiger partial charge < -0.3 is 24.6 Å². The van der Waals surface area contributed by atoms with Crippen LogP contribution in [0.25, 0.3) is 0 Å². The molecule has 2 aromatic rings. The lowest BCUT2D eigenvalue weighted by molar-refractivity contribution is -0.175. The third-order valence-electron chi connectivity index (χ3n) is 8.22. The fraction of sp³-hybridized carbons (Fsp3) is 0.516. The molecule has 2 aromatic carbocycles. The number of carbonyl (C=O) groups excluding carboxylic acids is 3. The van der Waals surface area contributed by atoms with Crippen molar-refractivity contribution in [3.63, 3.8) is 0 Å². The number of amides is 2. The van der Waals surface area contributed by atoms with Gasteiger partial charge in [-0.05, 0) is 51.8 Å². The molecule has 0 spiro atoms. The van der Waals surface area contributed by atoms with Crippen LogP contribution in [0.15, 0.2) is 59.5 Å². The number of piperidine rings is 1. The first kappa shape index (κ1) is 31.9. The minimum absolute atomic E-state index is 0.0740. The van der Waals surface area contributed by atoms with Crippen LogP contribution in [0.3, 0.4) is 0 Å². The average Bonchev–Trinajstić information content (AvgIpc) is 3.64. The molecule has 0 radical (unpaired) electrons. The number of rotatable bonds is 7. The van der Waals surface area contributed by atoms with E-state index in [1.54, 1.807) is 57.2 Å². The molecule has 1 aliphatic carbocycles. The molecule has 2 amide bonds. The summed E-state index contributed by atoms with van der Waals surface area (Å²) < 4.78 is 42.8. The van der Waals surface area contributed by atoms with Gasteiger partial charge in [-0.1, -0.05) is 48.0 Å². The Labute approximate surface area is 256 Å². The van der Waals surface area contributed by atoms with E-state index in [-0.39, 0.29) is 30.9 Å². The first-order valence-electron chi connectivity index (χ1n) is 14.5. The number of benzene rings is 2. The second-order valence-corrected chi connectivity index (χ2v) is 14.2. The van der Waals surface area contributed by atoms with E-state index < -0.39 is 76.0 Å². The van der Waals surface area contributed by atoms with Crippen LogP contribution in [0.1, 0.15) is 44.7 Å². The van der Waals surface area contributed by atoms with Crippen LogP contribution in [0.5, 0.6) is 0 Å². The number of carbonyl (C=O) groups is 3. The molecule has 1 saturated carbocycles. The number of aryl methyl sites for hydroxylation is 1. The summed E-state index contributed by atoms with van der Waals surface area (Å²) in [6.45, 7) is 6.46. The predicted octanol–water partition coefficient (Wildman–Crippen LogP) is 2.14. The van der Waals surface area contributed by atoms with Crippen molar-refractivity contribution in [1.29, 1.82) is 0 Å². The average molecular weight is 631 g/mol. The van der Waals surface area contributed by atoms with E-state index in [1.165, 1.54) is 17.0 Å². The van der Waals surface area contributed by atoms with Crippen LogP contribution < -0.4 is 0 Å². The molecule has 13 heteroatoms. The third kappa shape index (κ3) is 6.46. The molecule has 2 heterocycles. The van der Waals surface area contributed by atoms with Gasteiger partial charge in [0, 0.05) is 12.3 Å². The van der Waals surface area contributed by atoms with E-state index >= 15 is 0 Å². The molecule has 2 bridgehead atoms. The maximum atomic E-state index is 14.2. The molecule has 238 valence electrons. The van der Waals surface area contributed by atoms with Crippen molar-refractivity contribution < 1.29 is 46.7 Å². The molecular formula is C31H38N2O10S. The zero-order chi connectivity index (χ0) is 32.0. The molecule has 0 unspecified atom stereocenters. The van der Waals surface area contributed by atoms with Gasteiger partial charge in [0.15, 0.2) is 0 Å². The van der Waals surface area contributed by atoms with E-state index in [1.807, 2.05) is 13.0 Å². The number of esters is 1. The number of likely N-dealkylation sites (tertiary alicyclic amines) is 2. The maximum absolute atomic E-state index is 14.2. The maximum Gasteiger partial charge on any atom is 0.410 e. The molecule has 5 rings (SSSR count). The van der Waals surface area contributed by atoms with Crippen LogP contribution in [0.4, 0.5) is 4.79 Å². The Morgan fingerprint density at radius 3 is 2.25 bits per heavy atom. The van der Waals surface area contributed by atoms with Crippen LogP contribution in [0.2, 0.25) is 0 Å². The number of aliphatic hydroxyl groups is 2. The first-order chi connectivity index (χ1) is 20.7. The van der Waals surface area contributed by atoms with Crippen molar-refractivity contribution >= 4 is 28.1 Å². The number of aliphatic hydroxyl groups excluding tert-OH is 2. The summed E-state index contributed by atoms with van der Waals surface area (Å²) in [5, 5.41) is 21.3. The highest BCUT2D eigenvalue weighted by Crippen LogP contribution is 2.45. The smallest absolute Gasteiger partial charge is 0.410 e. The second kappa shape index (κ2) is 12.1. The van der Waals surface area contributed by atoms with Gasteiger partial charge in [-0.25, -0.2) is 9.59 Å². The van der Waals surface area contributed by atoms with Crippen LogP contribution in [-0.2, 0) is 40.0 Å². The van der Waals surface area contributed by atoms with E-state index in [0.717, 1.165) is 10.5 Å². The largest absolute Gasteiger partial charge is 0.458 e. The lowest BCUT2D eigenvalue weighted by Crippen LogP contribution is -2.62. The lowest BCUT2D eigenvalue weighted by Gasteiger charge is -2.41. The summed E-state index contributed by atoms with van der Waals surface area (Å²) in [4.78, 5) is 43.2. The van der Waals surface area contributed by atoms with Crippen LogP contribution >= 0.6 is 0 Å². The lowest BCUT2D eigenvalue weighted by atomic mass is 9.93. The Hall–Kier alpha value is -3.52. The number of hydrogen-bond donors (Lipinski definition) is 2. The monoisotopic (exact) mass is 630 g/mol. The van der Waals surface area contributed by atoms with E-state index in [0.29, 0.717) is 5.56 Å². The Morgan fingerprint density at radius 1 is 0.955 bits per heavy atom. The Kier molecular flexibility index (Phi) is 8.78. The summed E-state index contributed by atoms with van der Waals surface area (Å²) in [7, 11) is -4.25. The summed E-state index contributed by atoms with van der Waals surface area (Å²) in [6.07, 6.45) is -4.58. The summed E-state index contributed by atoms with van der Waals surface area (Å²) in [6, 6.07) is 11.6. The SMILES string of the molecule is Cc1ccc(S(=O)(=O)O[C@@H]2C[C@@H](C(=O)N3[C@H](C(=O)OC(C)(C)C)[C@@H]4C[C@H]3[C@@H](O)[C@H]4O)N(C(=O)OCc3ccccc3)C2)cc1. The third-order valence-corrected chi connectivity index (χ3v) is 9.60. The van der Waals surface area contributed by atoms with Gasteiger partial charge in [0.05, 0.1) is 29.7 Å². The highest BCUT2D eigenvalue weighted by Gasteiger charge is 2.62. The van der Waals surface area contributed by atoms with Crippen molar-refractivity contribution in [2.24, 2.45) is 5.92 Å². The van der Waals surface area contributed by atoms with Gasteiger partial charge >= 0.3 is 12.1 Å². The fourth-order valence-corrected chi connectivity index (χ4v) is 7.29. The van der Waals surface area contributed by atoms with Gasteiger partial charge in [0.1, 0.15) is 30.4 Å². The topological polar surface area (TPSA) is 160 Å². The molecule has 44 heavy (non-hydrogen) atoms. The number of nitrogens with zero attached hydrogens (tertiary/aromatic N) is 2. The van der Waals surface area contributed by atoms with Crippen molar-refractivity contribution in [1.82, 2.24) is 9.80 Å². The molecule has 3 fully saturated rings. The zero-order valence-corrected chi connectivity index (χ0v) is 25.8. The number of ether oxygens (including phenoxy) is 2. The highest BCUT2D eigenvalue weighted by molar-refractivity contribution is 7.86. The molecule has 3 aliphatic rings. The fourth-order valence-electron chi connectivity index (χ4n) is 6.21. The Morgan fingerprint density at radius 2 is 1.61 bits per heavy atom. The molecule has 7 atom stereocenters. The van der Waals surface area contributed by atoms with Gasteiger partial charge in [0.2, 0.25) is 5.91 Å². The quantitative estimate of drug-likeness (QED) is 0.343. The first-order valence-corrected chi connectivity index (χ1v) is 16.0. The number of fused-ring (bicyclic) bond motifs is 2. The van der Waals surface area contributed by atoms with Gasteiger partial charge in [-0.2, -0.15) is 8.42 Å². The van der Waals surface area contributed by atoms with Gasteiger partial charge in [0.25, 0.3) is 10.1 Å². The Bertz CT molecular complexity index is 1490. The van der Waals surface area contributed by atoms with Crippen LogP contribution in [0, 0.1) is 12.8 Å². The standard InChI is InChI=1S/C31H38N2O10S/c1-18-10-12-21(13-11-18)44(39,40)43-20-14-24(32(16-20)30(38)41-17-19-8-6-5-7-9-19)28(36)33-23-15-22(26(34)27(23)35)25(33)29(37)42-31(2,3)4/h5-13,20,22-27,34-35H,14-17H2,1-4H3/t20-,22+,23+,24+,25+,26+,27-/m1/s1. The highest BCUT2D eigenvalue weighted by atomic mass is 32.2. The van der Waals surface area contributed by atoms with Gasteiger partial charge in [-0.3, -0.25) is 13.9 Å². The minimum Gasteiger partial charge on any atom is -0.458 e. The second-order valence-electron chi connectivity index (χ2n) is 12.6. The summed E-state index contributed by atoms with van der Waals surface area (Å²) in [5.41, 5.74) is 0.674. The molecular weight excluding hydrogens is 592 g/mol. The molecule has 12 nitrogen and oxygen atoms in total. The van der Waals surface area contributed by atoms with Crippen molar-refractivity contribution in [2.45, 2.75) is 94.1 Å². The van der Waals surface area contributed by atoms with Gasteiger partial charge in [-0.15, -0.1) is 0 Å². The Balaban J connectivity index is 1.42.